The summed E-state index contributed by atoms with van der Waals surface area (Å²) >= 11 is 0. The van der Waals surface area contributed by atoms with E-state index >= 15 is 0 Å². The molecule has 0 aliphatic heterocycles. The molecular weight excluding hydrogens is 518 g/mol. The highest BCUT2D eigenvalue weighted by Crippen LogP contribution is 2.40. The van der Waals surface area contributed by atoms with Crippen LogP contribution in [0.25, 0.3) is 10.9 Å². The normalized spacial score (nSPS) is 14.3. The van der Waals surface area contributed by atoms with Crippen molar-refractivity contribution < 1.29 is 23.8 Å². The van der Waals surface area contributed by atoms with Gasteiger partial charge < -0.3 is 24.5 Å². The van der Waals surface area contributed by atoms with Crippen molar-refractivity contribution in [1.29, 1.82) is 0 Å². The minimum Gasteiger partial charge on any atom is -0.497 e. The number of hydrogen-bond donors (Lipinski definition) is 2. The molecule has 1 atom stereocenters. The van der Waals surface area contributed by atoms with Crippen LogP contribution in [0.15, 0.2) is 72.9 Å². The van der Waals surface area contributed by atoms with Crippen molar-refractivity contribution in [3.05, 3.63) is 84.1 Å². The molecule has 0 saturated heterocycles. The van der Waals surface area contributed by atoms with Crippen LogP contribution in [-0.4, -0.2) is 44.2 Å². The molecule has 1 heterocycles. The van der Waals surface area contributed by atoms with Crippen molar-refractivity contribution in [2.45, 2.75) is 50.6 Å². The maximum absolute atomic E-state index is 14.5. The van der Waals surface area contributed by atoms with Gasteiger partial charge in [-0.2, -0.15) is 0 Å². The van der Waals surface area contributed by atoms with Crippen LogP contribution in [-0.2, 0) is 16.0 Å². The van der Waals surface area contributed by atoms with E-state index in [4.69, 9.17) is 14.2 Å². The van der Waals surface area contributed by atoms with E-state index in [0.717, 1.165) is 42.1 Å². The zero-order valence-electron chi connectivity index (χ0n) is 23.8. The number of methoxy groups -OCH3 is 3. The second-order valence-electron chi connectivity index (χ2n) is 10.3. The number of nitrogens with zero attached hydrogens (tertiary/aromatic N) is 1. The first-order valence-electron chi connectivity index (χ1n) is 14.1. The molecule has 2 N–H and O–H groups in total. The summed E-state index contributed by atoms with van der Waals surface area (Å²) in [4.78, 5) is 33.6. The Morgan fingerprint density at radius 2 is 1.63 bits per heavy atom. The highest BCUT2D eigenvalue weighted by atomic mass is 16.5. The lowest BCUT2D eigenvalue weighted by molar-refractivity contribution is -0.127. The molecule has 1 unspecified atom stereocenters. The largest absolute Gasteiger partial charge is 0.497 e. The Balaban J connectivity index is 1.64. The molecule has 0 radical (unpaired) electrons. The summed E-state index contributed by atoms with van der Waals surface area (Å²) < 4.78 is 16.9. The summed E-state index contributed by atoms with van der Waals surface area (Å²) in [6, 6.07) is 19.5. The van der Waals surface area contributed by atoms with Crippen molar-refractivity contribution >= 4 is 28.4 Å². The first-order valence-corrected chi connectivity index (χ1v) is 14.1. The van der Waals surface area contributed by atoms with Gasteiger partial charge in [-0.3, -0.25) is 14.5 Å². The van der Waals surface area contributed by atoms with Crippen LogP contribution >= 0.6 is 0 Å². The van der Waals surface area contributed by atoms with Gasteiger partial charge in [-0.25, -0.2) is 0 Å². The summed E-state index contributed by atoms with van der Waals surface area (Å²) in [7, 11) is 4.69. The third-order valence-corrected chi connectivity index (χ3v) is 7.82. The third-order valence-electron chi connectivity index (χ3n) is 7.82. The molecule has 3 aromatic carbocycles. The van der Waals surface area contributed by atoms with E-state index in [-0.39, 0.29) is 24.3 Å². The van der Waals surface area contributed by atoms with E-state index in [0.29, 0.717) is 28.5 Å². The molecule has 8 nitrogen and oxygen atoms in total. The molecule has 2 amide bonds. The predicted octanol–water partition coefficient (Wildman–Crippen LogP) is 5.96. The van der Waals surface area contributed by atoms with E-state index < -0.39 is 6.04 Å². The van der Waals surface area contributed by atoms with Crippen LogP contribution in [0.4, 0.5) is 5.69 Å². The highest BCUT2D eigenvalue weighted by Gasteiger charge is 2.37. The number of carbonyl (C=O) groups is 2. The maximum atomic E-state index is 14.5. The van der Waals surface area contributed by atoms with Crippen LogP contribution in [0.1, 0.15) is 49.3 Å². The van der Waals surface area contributed by atoms with Crippen LogP contribution in [0.2, 0.25) is 0 Å². The van der Waals surface area contributed by atoms with E-state index in [1.807, 2.05) is 48.7 Å². The summed E-state index contributed by atoms with van der Waals surface area (Å²) in [5.41, 5.74) is 2.85. The number of benzene rings is 3. The average molecular weight is 556 g/mol. The smallest absolute Gasteiger partial charge is 0.248 e. The van der Waals surface area contributed by atoms with Crippen molar-refractivity contribution in [2.24, 2.45) is 0 Å². The van der Waals surface area contributed by atoms with Crippen LogP contribution in [0.3, 0.4) is 0 Å². The lowest BCUT2D eigenvalue weighted by Gasteiger charge is -2.34. The van der Waals surface area contributed by atoms with Gasteiger partial charge in [0.25, 0.3) is 0 Å². The molecule has 1 aromatic heterocycles. The Hall–Kier alpha value is -4.46. The molecule has 1 fully saturated rings. The fourth-order valence-corrected chi connectivity index (χ4v) is 5.74. The molecule has 8 heteroatoms. The van der Waals surface area contributed by atoms with Crippen molar-refractivity contribution in [1.82, 2.24) is 10.3 Å². The number of fused-ring (bicyclic) bond motifs is 1. The van der Waals surface area contributed by atoms with Gasteiger partial charge in [-0.1, -0.05) is 49.6 Å². The zero-order chi connectivity index (χ0) is 28.8. The lowest BCUT2D eigenvalue weighted by atomic mass is 9.94. The Morgan fingerprint density at radius 1 is 0.902 bits per heavy atom. The van der Waals surface area contributed by atoms with Crippen LogP contribution in [0, 0.1) is 0 Å². The van der Waals surface area contributed by atoms with E-state index in [9.17, 15) is 9.59 Å². The van der Waals surface area contributed by atoms with Gasteiger partial charge in [0.15, 0.2) is 0 Å². The van der Waals surface area contributed by atoms with E-state index in [2.05, 4.69) is 10.3 Å². The summed E-state index contributed by atoms with van der Waals surface area (Å²) in [5.74, 6) is 1.01. The van der Waals surface area contributed by atoms with Crippen molar-refractivity contribution in [2.75, 3.05) is 26.2 Å². The first kappa shape index (κ1) is 28.1. The molecule has 5 rings (SSSR count). The molecular formula is C33H37N3O5. The number of aromatic nitrogens is 1. The predicted molar refractivity (Wildman–Crippen MR) is 160 cm³/mol. The molecule has 1 aliphatic rings. The number of carbonyl (C=O) groups excluding carboxylic acids is 2. The third kappa shape index (κ3) is 6.01. The minimum absolute atomic E-state index is 0.0474. The number of hydrogen-bond acceptors (Lipinski definition) is 5. The number of H-pyrrole nitrogens is 1. The lowest BCUT2D eigenvalue weighted by Crippen LogP contribution is -2.48. The van der Waals surface area contributed by atoms with Crippen molar-refractivity contribution in [3.8, 4) is 17.2 Å². The van der Waals surface area contributed by atoms with Crippen LogP contribution < -0.4 is 24.4 Å². The molecule has 0 spiro atoms. The fourth-order valence-electron chi connectivity index (χ4n) is 5.74. The van der Waals surface area contributed by atoms with Gasteiger partial charge >= 0.3 is 0 Å². The Kier molecular flexibility index (Phi) is 8.77. The topological polar surface area (TPSA) is 92.9 Å². The second kappa shape index (κ2) is 12.8. The Bertz CT molecular complexity index is 1510. The number of amides is 2. The summed E-state index contributed by atoms with van der Waals surface area (Å²) in [5, 5.41) is 4.23. The number of anilines is 1. The Labute approximate surface area is 240 Å². The fraction of sp³-hybridized carbons (Fsp3) is 0.333. The molecule has 4 aromatic rings. The Morgan fingerprint density at radius 3 is 2.39 bits per heavy atom. The number of nitrogens with one attached hydrogen (secondary N) is 2. The summed E-state index contributed by atoms with van der Waals surface area (Å²) in [6.07, 6.45) is 7.06. The van der Waals surface area contributed by atoms with Gasteiger partial charge in [0.2, 0.25) is 11.8 Å². The van der Waals surface area contributed by atoms with Gasteiger partial charge in [0.1, 0.15) is 23.3 Å². The van der Waals surface area contributed by atoms with Gasteiger partial charge in [-0.05, 0) is 48.7 Å². The van der Waals surface area contributed by atoms with Gasteiger partial charge in [-0.15, -0.1) is 0 Å². The number of ether oxygens (including phenoxy) is 3. The standard InChI is InChI=1S/C33H37N3O5/c1-39-24-17-18-26(30(20-24)41-3)32(33(38)35-23-11-5-4-6-12-23)36(28-15-9-10-16-29(28)40-2)31(37)19-22-21-34-27-14-8-7-13-25(22)27/h7-10,13-18,20-21,23,32,34H,4-6,11-12,19H2,1-3H3,(H,35,38). The highest BCUT2D eigenvalue weighted by molar-refractivity contribution is 6.04. The number of aromatic amines is 1. The molecule has 1 aliphatic carbocycles. The zero-order valence-corrected chi connectivity index (χ0v) is 23.8. The van der Waals surface area contributed by atoms with Crippen LogP contribution in [0.5, 0.6) is 17.2 Å². The molecule has 214 valence electrons. The minimum atomic E-state index is -1.02. The maximum Gasteiger partial charge on any atom is 0.248 e. The van der Waals surface area contributed by atoms with E-state index in [1.54, 1.807) is 50.5 Å². The number of para-hydroxylation sites is 3. The molecule has 1 saturated carbocycles. The quantitative estimate of drug-likeness (QED) is 0.252. The SMILES string of the molecule is COc1ccc(C(C(=O)NC2CCCCC2)N(C(=O)Cc2c[nH]c3ccccc23)c2ccccc2OC)c(OC)c1. The average Bonchev–Trinajstić information content (AvgIpc) is 3.42. The van der Waals surface area contributed by atoms with Gasteiger partial charge in [0, 0.05) is 34.8 Å². The molecule has 0 bridgehead atoms. The number of rotatable bonds is 10. The first-order chi connectivity index (χ1) is 20.0. The molecule has 41 heavy (non-hydrogen) atoms. The van der Waals surface area contributed by atoms with Gasteiger partial charge in [0.05, 0.1) is 33.4 Å². The van der Waals surface area contributed by atoms with Crippen molar-refractivity contribution in [3.63, 3.8) is 0 Å². The second-order valence-corrected chi connectivity index (χ2v) is 10.3. The van der Waals surface area contributed by atoms with E-state index in [1.165, 1.54) is 6.42 Å². The summed E-state index contributed by atoms with van der Waals surface area (Å²) in [6.45, 7) is 0. The monoisotopic (exact) mass is 555 g/mol.